The Morgan fingerprint density at radius 2 is 2.10 bits per heavy atom. The molecular weight excluding hydrogens is 284 g/mol. The van der Waals surface area contributed by atoms with Crippen molar-refractivity contribution >= 4 is 23.2 Å². The minimum absolute atomic E-state index is 0.197. The van der Waals surface area contributed by atoms with Gasteiger partial charge in [-0.1, -0.05) is 29.5 Å². The Balaban J connectivity index is 2.17. The van der Waals surface area contributed by atoms with E-state index in [1.54, 1.807) is 24.3 Å². The predicted octanol–water partition coefficient (Wildman–Crippen LogP) is 3.21. The predicted molar refractivity (Wildman–Crippen MR) is 86.5 cm³/mol. The van der Waals surface area contributed by atoms with Gasteiger partial charge in [0.05, 0.1) is 6.54 Å². The molecule has 0 fully saturated rings. The van der Waals surface area contributed by atoms with E-state index in [0.717, 1.165) is 16.8 Å². The van der Waals surface area contributed by atoms with Gasteiger partial charge in [0.25, 0.3) is 5.91 Å². The van der Waals surface area contributed by atoms with Gasteiger partial charge in [0, 0.05) is 21.8 Å². The second kappa shape index (κ2) is 6.94. The Morgan fingerprint density at radius 3 is 2.76 bits per heavy atom. The first-order valence-electron chi connectivity index (χ1n) is 6.46. The molecule has 0 saturated carbocycles. The number of anilines is 1. The molecule has 0 aliphatic rings. The average molecular weight is 299 g/mol. The molecule has 0 aliphatic carbocycles. The van der Waals surface area contributed by atoms with E-state index in [-0.39, 0.29) is 5.91 Å². The van der Waals surface area contributed by atoms with E-state index in [2.05, 4.69) is 17.2 Å². The zero-order chi connectivity index (χ0) is 15.2. The van der Waals surface area contributed by atoms with Crippen LogP contribution in [0.4, 0.5) is 5.69 Å². The van der Waals surface area contributed by atoms with Crippen molar-refractivity contribution in [1.82, 2.24) is 0 Å². The highest BCUT2D eigenvalue weighted by atomic mass is 35.5. The molecule has 0 radical (unpaired) electrons. The molecular formula is C17H15ClN2O. The maximum absolute atomic E-state index is 12.1. The Kier molecular flexibility index (Phi) is 4.99. The average Bonchev–Trinajstić information content (AvgIpc) is 2.46. The lowest BCUT2D eigenvalue weighted by Crippen LogP contribution is -2.11. The highest BCUT2D eigenvalue weighted by Crippen LogP contribution is 2.17. The molecule has 0 saturated heterocycles. The zero-order valence-corrected chi connectivity index (χ0v) is 12.4. The maximum atomic E-state index is 12.1. The first kappa shape index (κ1) is 15.1. The maximum Gasteiger partial charge on any atom is 0.255 e. The third-order valence-corrected chi connectivity index (χ3v) is 3.13. The van der Waals surface area contributed by atoms with Crippen LogP contribution in [0.15, 0.2) is 42.5 Å². The van der Waals surface area contributed by atoms with Crippen LogP contribution in [0.1, 0.15) is 21.5 Å². The second-order valence-electron chi connectivity index (χ2n) is 4.50. The summed E-state index contributed by atoms with van der Waals surface area (Å²) >= 11 is 5.88. The van der Waals surface area contributed by atoms with Gasteiger partial charge in [-0.2, -0.15) is 0 Å². The molecule has 21 heavy (non-hydrogen) atoms. The number of rotatable bonds is 2. The number of carbonyl (C=O) groups excluding carboxylic acids is 1. The number of hydrogen-bond acceptors (Lipinski definition) is 2. The van der Waals surface area contributed by atoms with E-state index < -0.39 is 0 Å². The molecule has 0 aromatic heterocycles. The Hall–Kier alpha value is -2.28. The number of carbonyl (C=O) groups is 1. The lowest BCUT2D eigenvalue weighted by Gasteiger charge is -2.07. The number of hydrogen-bond donors (Lipinski definition) is 2. The molecule has 2 aromatic carbocycles. The smallest absolute Gasteiger partial charge is 0.255 e. The molecule has 2 rings (SSSR count). The monoisotopic (exact) mass is 298 g/mol. The van der Waals surface area contributed by atoms with Gasteiger partial charge in [0.1, 0.15) is 0 Å². The lowest BCUT2D eigenvalue weighted by atomic mass is 10.1. The van der Waals surface area contributed by atoms with Crippen LogP contribution >= 0.6 is 11.6 Å². The van der Waals surface area contributed by atoms with E-state index in [1.165, 1.54) is 0 Å². The third kappa shape index (κ3) is 4.09. The van der Waals surface area contributed by atoms with Crippen LogP contribution in [-0.2, 0) is 0 Å². The summed E-state index contributed by atoms with van der Waals surface area (Å²) in [6, 6.07) is 12.4. The summed E-state index contributed by atoms with van der Waals surface area (Å²) in [6.45, 7) is 2.27. The fourth-order valence-corrected chi connectivity index (χ4v) is 2.05. The van der Waals surface area contributed by atoms with Crippen LogP contribution < -0.4 is 11.1 Å². The fraction of sp³-hybridized carbons (Fsp3) is 0.118. The Bertz CT molecular complexity index is 729. The first-order valence-corrected chi connectivity index (χ1v) is 6.84. The summed E-state index contributed by atoms with van der Waals surface area (Å²) in [5, 5.41) is 3.37. The molecule has 1 amide bonds. The molecule has 4 heteroatoms. The molecule has 106 valence electrons. The van der Waals surface area contributed by atoms with Gasteiger partial charge < -0.3 is 11.1 Å². The summed E-state index contributed by atoms with van der Waals surface area (Å²) in [4.78, 5) is 12.1. The van der Waals surface area contributed by atoms with Crippen molar-refractivity contribution in [2.45, 2.75) is 6.92 Å². The van der Waals surface area contributed by atoms with Gasteiger partial charge in [0.2, 0.25) is 0 Å². The zero-order valence-electron chi connectivity index (χ0n) is 11.6. The number of nitrogens with two attached hydrogens (primary N) is 1. The van der Waals surface area contributed by atoms with Crippen LogP contribution in [0.3, 0.4) is 0 Å². The van der Waals surface area contributed by atoms with Crippen LogP contribution in [0.2, 0.25) is 5.02 Å². The Morgan fingerprint density at radius 1 is 1.29 bits per heavy atom. The fourth-order valence-electron chi connectivity index (χ4n) is 1.86. The molecule has 3 N–H and O–H groups in total. The molecule has 0 spiro atoms. The largest absolute Gasteiger partial charge is 0.322 e. The van der Waals surface area contributed by atoms with Gasteiger partial charge in [-0.3, -0.25) is 4.79 Å². The van der Waals surface area contributed by atoms with Crippen molar-refractivity contribution in [3.8, 4) is 11.8 Å². The van der Waals surface area contributed by atoms with Crippen molar-refractivity contribution in [2.24, 2.45) is 5.73 Å². The minimum atomic E-state index is -0.197. The summed E-state index contributed by atoms with van der Waals surface area (Å²) < 4.78 is 0. The highest BCUT2D eigenvalue weighted by Gasteiger charge is 2.07. The summed E-state index contributed by atoms with van der Waals surface area (Å²) in [6.07, 6.45) is 0. The van der Waals surface area contributed by atoms with Crippen molar-refractivity contribution in [2.75, 3.05) is 11.9 Å². The number of amides is 1. The molecule has 3 nitrogen and oxygen atoms in total. The highest BCUT2D eigenvalue weighted by molar-refractivity contribution is 6.31. The minimum Gasteiger partial charge on any atom is -0.322 e. The molecule has 0 unspecified atom stereocenters. The lowest BCUT2D eigenvalue weighted by molar-refractivity contribution is 0.102. The normalized spacial score (nSPS) is 9.67. The molecule has 0 atom stereocenters. The molecule has 0 bridgehead atoms. The van der Waals surface area contributed by atoms with Gasteiger partial charge in [0.15, 0.2) is 0 Å². The van der Waals surface area contributed by atoms with Crippen LogP contribution in [0.5, 0.6) is 0 Å². The van der Waals surface area contributed by atoms with Gasteiger partial charge >= 0.3 is 0 Å². The van der Waals surface area contributed by atoms with E-state index in [4.69, 9.17) is 17.3 Å². The standard InChI is InChI=1S/C17H15ClN2O/c1-12-10-16(8-7-13(12)5-3-9-19)20-17(21)14-4-2-6-15(18)11-14/h2,4,6-8,10-11H,9,19H2,1H3,(H,20,21). The quantitative estimate of drug-likeness (QED) is 0.837. The van der Waals surface area contributed by atoms with Gasteiger partial charge in [-0.25, -0.2) is 0 Å². The summed E-state index contributed by atoms with van der Waals surface area (Å²) in [5.41, 5.74) is 8.49. The van der Waals surface area contributed by atoms with E-state index in [1.807, 2.05) is 25.1 Å². The molecule has 2 aromatic rings. The van der Waals surface area contributed by atoms with Gasteiger partial charge in [-0.05, 0) is 48.9 Å². The van der Waals surface area contributed by atoms with Crippen molar-refractivity contribution < 1.29 is 4.79 Å². The SMILES string of the molecule is Cc1cc(NC(=O)c2cccc(Cl)c2)ccc1C#CCN. The molecule has 0 aliphatic heterocycles. The van der Waals surface area contributed by atoms with Crippen molar-refractivity contribution in [3.63, 3.8) is 0 Å². The first-order chi connectivity index (χ1) is 10.1. The number of aryl methyl sites for hydroxylation is 1. The third-order valence-electron chi connectivity index (χ3n) is 2.90. The summed E-state index contributed by atoms with van der Waals surface area (Å²) in [5.74, 6) is 5.60. The van der Waals surface area contributed by atoms with E-state index in [0.29, 0.717) is 17.1 Å². The van der Waals surface area contributed by atoms with E-state index in [9.17, 15) is 4.79 Å². The van der Waals surface area contributed by atoms with Crippen LogP contribution in [0, 0.1) is 18.8 Å². The Labute approximate surface area is 129 Å². The second-order valence-corrected chi connectivity index (χ2v) is 4.94. The van der Waals surface area contributed by atoms with Crippen molar-refractivity contribution in [3.05, 3.63) is 64.2 Å². The van der Waals surface area contributed by atoms with Crippen LogP contribution in [-0.4, -0.2) is 12.5 Å². The number of halogens is 1. The van der Waals surface area contributed by atoms with Gasteiger partial charge in [-0.15, -0.1) is 0 Å². The number of benzene rings is 2. The van der Waals surface area contributed by atoms with E-state index >= 15 is 0 Å². The molecule has 0 heterocycles. The number of nitrogens with one attached hydrogen (secondary N) is 1. The topological polar surface area (TPSA) is 55.1 Å². The van der Waals surface area contributed by atoms with Crippen molar-refractivity contribution in [1.29, 1.82) is 0 Å². The van der Waals surface area contributed by atoms with Crippen LogP contribution in [0.25, 0.3) is 0 Å². The summed E-state index contributed by atoms with van der Waals surface area (Å²) in [7, 11) is 0.